The molecule has 0 unspecified atom stereocenters. The molecule has 0 spiro atoms. The van der Waals surface area contributed by atoms with E-state index in [9.17, 15) is 14.4 Å². The molecular formula is C23H24N4O5S. The number of hydrogen-bond donors (Lipinski definition) is 1. The Balaban J connectivity index is 1.74. The molecule has 1 amide bonds. The van der Waals surface area contributed by atoms with Crippen molar-refractivity contribution in [1.82, 2.24) is 14.8 Å². The SMILES string of the molecule is CCn1c(SCC(=O)Nc2cc(C(=O)OC)cc(C(=O)OC)c2)nnc1-c1ccc(C)cc1. The lowest BCUT2D eigenvalue weighted by molar-refractivity contribution is -0.113. The standard InChI is InChI=1S/C23H24N4O5S/c1-5-27-20(15-8-6-14(2)7-9-15)25-26-23(27)33-13-19(28)24-18-11-16(21(29)31-3)10-17(12-18)22(30)32-4/h6-12H,5,13H2,1-4H3,(H,24,28). The average Bonchev–Trinajstić information content (AvgIpc) is 3.24. The fraction of sp³-hybridized carbons (Fsp3) is 0.261. The number of anilines is 1. The van der Waals surface area contributed by atoms with Crippen LogP contribution in [0.25, 0.3) is 11.4 Å². The molecule has 3 aromatic rings. The Labute approximate surface area is 195 Å². The van der Waals surface area contributed by atoms with Crippen molar-refractivity contribution in [2.45, 2.75) is 25.5 Å². The summed E-state index contributed by atoms with van der Waals surface area (Å²) in [5.41, 5.74) is 2.62. The molecule has 0 saturated carbocycles. The zero-order chi connectivity index (χ0) is 24.0. The molecule has 0 radical (unpaired) electrons. The molecule has 1 aromatic heterocycles. The quantitative estimate of drug-likeness (QED) is 0.394. The molecular weight excluding hydrogens is 444 g/mol. The van der Waals surface area contributed by atoms with Gasteiger partial charge in [-0.3, -0.25) is 4.79 Å². The van der Waals surface area contributed by atoms with E-state index < -0.39 is 11.9 Å². The first-order chi connectivity index (χ1) is 15.9. The van der Waals surface area contributed by atoms with Crippen molar-refractivity contribution in [2.24, 2.45) is 0 Å². The van der Waals surface area contributed by atoms with Crippen molar-refractivity contribution in [1.29, 1.82) is 0 Å². The van der Waals surface area contributed by atoms with Crippen LogP contribution in [0.3, 0.4) is 0 Å². The van der Waals surface area contributed by atoms with E-state index in [1.165, 1.54) is 44.2 Å². The molecule has 0 bridgehead atoms. The maximum absolute atomic E-state index is 12.6. The Morgan fingerprint density at radius 2 is 1.58 bits per heavy atom. The van der Waals surface area contributed by atoms with E-state index in [4.69, 9.17) is 9.47 Å². The Morgan fingerprint density at radius 3 is 2.12 bits per heavy atom. The van der Waals surface area contributed by atoms with E-state index in [1.54, 1.807) is 0 Å². The van der Waals surface area contributed by atoms with Crippen LogP contribution in [-0.4, -0.2) is 52.6 Å². The van der Waals surface area contributed by atoms with Crippen molar-refractivity contribution < 1.29 is 23.9 Å². The van der Waals surface area contributed by atoms with Gasteiger partial charge in [-0.2, -0.15) is 0 Å². The highest BCUT2D eigenvalue weighted by molar-refractivity contribution is 7.99. The summed E-state index contributed by atoms with van der Waals surface area (Å²) in [4.78, 5) is 36.4. The van der Waals surface area contributed by atoms with E-state index in [0.29, 0.717) is 11.7 Å². The van der Waals surface area contributed by atoms with Crippen LogP contribution < -0.4 is 5.32 Å². The molecule has 2 aromatic carbocycles. The number of aromatic nitrogens is 3. The van der Waals surface area contributed by atoms with Crippen LogP contribution in [0.4, 0.5) is 5.69 Å². The number of esters is 2. The van der Waals surface area contributed by atoms with Gasteiger partial charge in [-0.1, -0.05) is 41.6 Å². The van der Waals surface area contributed by atoms with Crippen LogP contribution in [0.1, 0.15) is 33.2 Å². The predicted octanol–water partition coefficient (Wildman–Crippen LogP) is 3.58. The van der Waals surface area contributed by atoms with Crippen LogP contribution in [-0.2, 0) is 20.8 Å². The number of nitrogens with zero attached hydrogens (tertiary/aromatic N) is 3. The molecule has 3 rings (SSSR count). The summed E-state index contributed by atoms with van der Waals surface area (Å²) >= 11 is 1.24. The van der Waals surface area contributed by atoms with E-state index in [-0.39, 0.29) is 28.5 Å². The summed E-state index contributed by atoms with van der Waals surface area (Å²) < 4.78 is 11.4. The molecule has 0 aliphatic carbocycles. The summed E-state index contributed by atoms with van der Waals surface area (Å²) in [5, 5.41) is 11.8. The van der Waals surface area contributed by atoms with Gasteiger partial charge in [0.25, 0.3) is 0 Å². The summed E-state index contributed by atoms with van der Waals surface area (Å²) in [6, 6.07) is 12.2. The molecule has 0 aliphatic rings. The fourth-order valence-electron chi connectivity index (χ4n) is 3.10. The maximum atomic E-state index is 12.6. The second kappa shape index (κ2) is 10.8. The zero-order valence-electron chi connectivity index (χ0n) is 18.7. The number of amides is 1. The first kappa shape index (κ1) is 24.0. The van der Waals surface area contributed by atoms with Crippen molar-refractivity contribution >= 4 is 35.3 Å². The smallest absolute Gasteiger partial charge is 0.337 e. The van der Waals surface area contributed by atoms with Gasteiger partial charge in [0.05, 0.1) is 31.1 Å². The van der Waals surface area contributed by atoms with Gasteiger partial charge >= 0.3 is 11.9 Å². The lowest BCUT2D eigenvalue weighted by atomic mass is 10.1. The molecule has 0 atom stereocenters. The molecule has 9 nitrogen and oxygen atoms in total. The van der Waals surface area contributed by atoms with Crippen LogP contribution in [0.2, 0.25) is 0 Å². The number of benzene rings is 2. The first-order valence-electron chi connectivity index (χ1n) is 10.1. The van der Waals surface area contributed by atoms with Crippen LogP contribution in [0.5, 0.6) is 0 Å². The number of methoxy groups -OCH3 is 2. The Hall–Kier alpha value is -3.66. The summed E-state index contributed by atoms with van der Waals surface area (Å²) in [5.74, 6) is -0.813. The molecule has 1 heterocycles. The third-order valence-corrected chi connectivity index (χ3v) is 5.70. The largest absolute Gasteiger partial charge is 0.465 e. The van der Waals surface area contributed by atoms with Crippen LogP contribution in [0.15, 0.2) is 47.6 Å². The summed E-state index contributed by atoms with van der Waals surface area (Å²) in [6.45, 7) is 4.64. The van der Waals surface area contributed by atoms with Crippen LogP contribution >= 0.6 is 11.8 Å². The first-order valence-corrected chi connectivity index (χ1v) is 11.1. The Kier molecular flexibility index (Phi) is 7.83. The molecule has 0 saturated heterocycles. The van der Waals surface area contributed by atoms with Gasteiger partial charge in [0, 0.05) is 17.8 Å². The van der Waals surface area contributed by atoms with Gasteiger partial charge in [-0.15, -0.1) is 10.2 Å². The number of ether oxygens (including phenoxy) is 2. The van der Waals surface area contributed by atoms with E-state index in [0.717, 1.165) is 17.0 Å². The van der Waals surface area contributed by atoms with Crippen LogP contribution in [0, 0.1) is 6.92 Å². The number of nitrogens with one attached hydrogen (secondary N) is 1. The number of carbonyl (C=O) groups excluding carboxylic acids is 3. The molecule has 10 heteroatoms. The van der Waals surface area contributed by atoms with Crippen molar-refractivity contribution in [3.8, 4) is 11.4 Å². The number of aryl methyl sites for hydroxylation is 1. The third kappa shape index (κ3) is 5.78. The lowest BCUT2D eigenvalue weighted by Crippen LogP contribution is -2.16. The number of thioether (sulfide) groups is 1. The second-order valence-electron chi connectivity index (χ2n) is 7.04. The zero-order valence-corrected chi connectivity index (χ0v) is 19.6. The lowest BCUT2D eigenvalue weighted by Gasteiger charge is -2.10. The second-order valence-corrected chi connectivity index (χ2v) is 7.98. The Bertz CT molecular complexity index is 1140. The highest BCUT2D eigenvalue weighted by atomic mass is 32.2. The number of rotatable bonds is 8. The minimum atomic E-state index is -0.634. The highest BCUT2D eigenvalue weighted by Gasteiger charge is 2.17. The van der Waals surface area contributed by atoms with E-state index in [1.807, 2.05) is 42.7 Å². The van der Waals surface area contributed by atoms with Gasteiger partial charge < -0.3 is 19.4 Å². The van der Waals surface area contributed by atoms with E-state index in [2.05, 4.69) is 15.5 Å². The van der Waals surface area contributed by atoms with Crippen molar-refractivity contribution in [3.05, 3.63) is 59.2 Å². The normalized spacial score (nSPS) is 10.5. The minimum Gasteiger partial charge on any atom is -0.465 e. The molecule has 0 fully saturated rings. The third-order valence-electron chi connectivity index (χ3n) is 4.73. The summed E-state index contributed by atoms with van der Waals surface area (Å²) in [7, 11) is 2.47. The number of carbonyl (C=O) groups is 3. The van der Waals surface area contributed by atoms with Gasteiger partial charge in [-0.05, 0) is 32.0 Å². The van der Waals surface area contributed by atoms with Crippen molar-refractivity contribution in [3.63, 3.8) is 0 Å². The fourth-order valence-corrected chi connectivity index (χ4v) is 3.90. The number of hydrogen-bond acceptors (Lipinski definition) is 8. The van der Waals surface area contributed by atoms with Gasteiger partial charge in [0.1, 0.15) is 0 Å². The minimum absolute atomic E-state index is 0.0576. The summed E-state index contributed by atoms with van der Waals surface area (Å²) in [6.07, 6.45) is 0. The maximum Gasteiger partial charge on any atom is 0.337 e. The molecule has 1 N–H and O–H groups in total. The highest BCUT2D eigenvalue weighted by Crippen LogP contribution is 2.25. The van der Waals surface area contributed by atoms with Crippen molar-refractivity contribution in [2.75, 3.05) is 25.3 Å². The molecule has 33 heavy (non-hydrogen) atoms. The predicted molar refractivity (Wildman–Crippen MR) is 124 cm³/mol. The molecule has 172 valence electrons. The molecule has 0 aliphatic heterocycles. The monoisotopic (exact) mass is 468 g/mol. The Morgan fingerprint density at radius 1 is 0.970 bits per heavy atom. The van der Waals surface area contributed by atoms with E-state index >= 15 is 0 Å². The van der Waals surface area contributed by atoms with Gasteiger partial charge in [0.15, 0.2) is 11.0 Å². The average molecular weight is 469 g/mol. The van der Waals surface area contributed by atoms with Gasteiger partial charge in [-0.25, -0.2) is 9.59 Å². The van der Waals surface area contributed by atoms with Gasteiger partial charge in [0.2, 0.25) is 5.91 Å². The topological polar surface area (TPSA) is 112 Å².